The predicted molar refractivity (Wildman–Crippen MR) is 121 cm³/mol. The van der Waals surface area contributed by atoms with Crippen molar-refractivity contribution in [3.05, 3.63) is 59.6 Å². The van der Waals surface area contributed by atoms with E-state index in [4.69, 9.17) is 4.52 Å². The number of pyridine rings is 1. The van der Waals surface area contributed by atoms with Gasteiger partial charge in [-0.25, -0.2) is 4.98 Å². The number of anilines is 1. The average molecular weight is 473 g/mol. The van der Waals surface area contributed by atoms with Crippen molar-refractivity contribution in [1.82, 2.24) is 24.9 Å². The lowest BCUT2D eigenvalue weighted by atomic mass is 10.1. The van der Waals surface area contributed by atoms with Crippen molar-refractivity contribution in [2.75, 3.05) is 44.7 Å². The molecule has 1 unspecified atom stereocenters. The zero-order valence-corrected chi connectivity index (χ0v) is 19.0. The maximum absolute atomic E-state index is 12.8. The number of rotatable bonds is 5. The van der Waals surface area contributed by atoms with Gasteiger partial charge in [0.2, 0.25) is 11.7 Å². The Hall–Kier alpha value is -2.98. The predicted octanol–water partition coefficient (Wildman–Crippen LogP) is 4.24. The molecule has 0 saturated carbocycles. The summed E-state index contributed by atoms with van der Waals surface area (Å²) in [5, 5.41) is 4.17. The first kappa shape index (κ1) is 22.8. The second-order valence-electron chi connectivity index (χ2n) is 8.97. The molecule has 0 amide bonds. The molecule has 34 heavy (non-hydrogen) atoms. The van der Waals surface area contributed by atoms with Crippen LogP contribution in [0.5, 0.6) is 0 Å². The second-order valence-corrected chi connectivity index (χ2v) is 8.97. The molecule has 0 N–H and O–H groups in total. The van der Waals surface area contributed by atoms with Crippen molar-refractivity contribution in [3.8, 4) is 11.4 Å². The van der Waals surface area contributed by atoms with Gasteiger partial charge in [0, 0.05) is 44.5 Å². The van der Waals surface area contributed by atoms with Gasteiger partial charge in [-0.15, -0.1) is 0 Å². The van der Waals surface area contributed by atoms with Gasteiger partial charge in [0.05, 0.1) is 11.6 Å². The monoisotopic (exact) mass is 472 g/mol. The van der Waals surface area contributed by atoms with Gasteiger partial charge in [0.25, 0.3) is 0 Å². The minimum atomic E-state index is -4.33. The molecule has 0 radical (unpaired) electrons. The molecule has 2 aromatic heterocycles. The van der Waals surface area contributed by atoms with Crippen LogP contribution in [-0.2, 0) is 12.7 Å². The van der Waals surface area contributed by atoms with Crippen LogP contribution in [0.3, 0.4) is 0 Å². The lowest BCUT2D eigenvalue weighted by Gasteiger charge is -2.33. The van der Waals surface area contributed by atoms with Crippen LogP contribution in [0.2, 0.25) is 0 Å². The highest BCUT2D eigenvalue weighted by Crippen LogP contribution is 2.34. The van der Waals surface area contributed by atoms with Crippen LogP contribution in [0, 0.1) is 0 Å². The minimum Gasteiger partial charge on any atom is -0.354 e. The Morgan fingerprint density at radius 1 is 1.00 bits per heavy atom. The topological polar surface area (TPSA) is 61.5 Å². The summed E-state index contributed by atoms with van der Waals surface area (Å²) in [6.07, 6.45) is -0.726. The fourth-order valence-electron chi connectivity index (χ4n) is 4.56. The highest BCUT2D eigenvalue weighted by atomic mass is 19.4. The summed E-state index contributed by atoms with van der Waals surface area (Å²) in [5.74, 6) is 1.97. The fraction of sp³-hybridized carbons (Fsp3) is 0.458. The van der Waals surface area contributed by atoms with E-state index >= 15 is 0 Å². The molecule has 1 aromatic carbocycles. The van der Waals surface area contributed by atoms with Crippen molar-refractivity contribution in [3.63, 3.8) is 0 Å². The van der Waals surface area contributed by atoms with E-state index in [-0.39, 0.29) is 6.04 Å². The summed E-state index contributed by atoms with van der Waals surface area (Å²) in [5.41, 5.74) is 0.978. The van der Waals surface area contributed by atoms with Crippen LogP contribution < -0.4 is 4.90 Å². The number of alkyl halides is 3. The van der Waals surface area contributed by atoms with E-state index in [1.807, 2.05) is 12.1 Å². The highest BCUT2D eigenvalue weighted by molar-refractivity contribution is 5.56. The zero-order chi connectivity index (χ0) is 23.7. The van der Waals surface area contributed by atoms with Crippen LogP contribution >= 0.6 is 0 Å². The van der Waals surface area contributed by atoms with Gasteiger partial charge in [-0.3, -0.25) is 4.90 Å². The molecule has 0 spiro atoms. The third-order valence-corrected chi connectivity index (χ3v) is 6.59. The summed E-state index contributed by atoms with van der Waals surface area (Å²) < 4.78 is 44.1. The molecular weight excluding hydrogens is 445 g/mol. The van der Waals surface area contributed by atoms with Gasteiger partial charge in [-0.2, -0.15) is 18.2 Å². The number of aromatic nitrogens is 3. The van der Waals surface area contributed by atoms with Gasteiger partial charge >= 0.3 is 6.18 Å². The number of nitrogens with zero attached hydrogens (tertiary/aromatic N) is 6. The van der Waals surface area contributed by atoms with Crippen molar-refractivity contribution in [2.24, 2.45) is 0 Å². The molecule has 3 aromatic rings. The molecule has 0 aliphatic carbocycles. The summed E-state index contributed by atoms with van der Waals surface area (Å²) in [6, 6.07) is 9.22. The summed E-state index contributed by atoms with van der Waals surface area (Å²) >= 11 is 0. The smallest absolute Gasteiger partial charge is 0.354 e. The van der Waals surface area contributed by atoms with Crippen LogP contribution in [0.1, 0.15) is 35.9 Å². The molecule has 7 nitrogen and oxygen atoms in total. The summed E-state index contributed by atoms with van der Waals surface area (Å²) in [4.78, 5) is 16.0. The van der Waals surface area contributed by atoms with Crippen LogP contribution in [0.15, 0.2) is 47.1 Å². The van der Waals surface area contributed by atoms with Crippen molar-refractivity contribution in [2.45, 2.75) is 31.6 Å². The largest absolute Gasteiger partial charge is 0.416 e. The normalized spacial score (nSPS) is 20.2. The molecule has 2 aliphatic rings. The Kier molecular flexibility index (Phi) is 6.26. The highest BCUT2D eigenvalue weighted by Gasteiger charge is 2.32. The molecule has 2 saturated heterocycles. The fourth-order valence-corrected chi connectivity index (χ4v) is 4.56. The molecule has 2 aliphatic heterocycles. The molecule has 4 heterocycles. The number of piperazine rings is 1. The van der Waals surface area contributed by atoms with E-state index in [1.165, 1.54) is 12.1 Å². The van der Waals surface area contributed by atoms with Crippen LogP contribution in [0.4, 0.5) is 19.0 Å². The zero-order valence-electron chi connectivity index (χ0n) is 19.0. The first-order valence-electron chi connectivity index (χ1n) is 11.5. The van der Waals surface area contributed by atoms with Gasteiger partial charge in [-0.1, -0.05) is 17.3 Å². The van der Waals surface area contributed by atoms with Gasteiger partial charge < -0.3 is 14.3 Å². The van der Waals surface area contributed by atoms with E-state index in [1.54, 1.807) is 6.20 Å². The molecule has 0 bridgehead atoms. The quantitative estimate of drug-likeness (QED) is 0.551. The van der Waals surface area contributed by atoms with Crippen LogP contribution in [-0.4, -0.2) is 64.7 Å². The lowest BCUT2D eigenvalue weighted by molar-refractivity contribution is -0.137. The van der Waals surface area contributed by atoms with Gasteiger partial charge in [0.1, 0.15) is 5.82 Å². The maximum Gasteiger partial charge on any atom is 0.416 e. The molecule has 180 valence electrons. The number of hydrogen-bond acceptors (Lipinski definition) is 7. The molecule has 5 rings (SSSR count). The third kappa shape index (κ3) is 4.92. The number of likely N-dealkylation sites (tertiary alicyclic amines) is 1. The summed E-state index contributed by atoms with van der Waals surface area (Å²) in [7, 11) is 2.12. The van der Waals surface area contributed by atoms with Crippen molar-refractivity contribution in [1.29, 1.82) is 0 Å². The molecular formula is C24H27F3N6O. The molecule has 2 fully saturated rings. The Balaban J connectivity index is 1.25. The molecule has 1 atom stereocenters. The SMILES string of the molecule is CN1CCN(c2ccc(-c3noc(C4CCCN4Cc4ccc(C(F)(F)F)cc4)n3)cn2)CC1. The molecule has 10 heteroatoms. The Morgan fingerprint density at radius 2 is 1.76 bits per heavy atom. The lowest BCUT2D eigenvalue weighted by Crippen LogP contribution is -2.44. The Bertz CT molecular complexity index is 1090. The minimum absolute atomic E-state index is 0.0545. The van der Waals surface area contributed by atoms with Crippen molar-refractivity contribution < 1.29 is 17.7 Å². The maximum atomic E-state index is 12.8. The Labute approximate surface area is 196 Å². The van der Waals surface area contributed by atoms with E-state index in [2.05, 4.69) is 36.9 Å². The first-order valence-corrected chi connectivity index (χ1v) is 11.5. The van der Waals surface area contributed by atoms with Gasteiger partial charge in [0.15, 0.2) is 0 Å². The van der Waals surface area contributed by atoms with Crippen LogP contribution in [0.25, 0.3) is 11.4 Å². The Morgan fingerprint density at radius 3 is 2.44 bits per heavy atom. The van der Waals surface area contributed by atoms with E-state index in [0.29, 0.717) is 18.3 Å². The number of benzene rings is 1. The third-order valence-electron chi connectivity index (χ3n) is 6.59. The number of hydrogen-bond donors (Lipinski definition) is 0. The second kappa shape index (κ2) is 9.34. The van der Waals surface area contributed by atoms with Crippen molar-refractivity contribution >= 4 is 5.82 Å². The van der Waals surface area contributed by atoms with E-state index in [9.17, 15) is 13.2 Å². The first-order chi connectivity index (χ1) is 16.4. The van der Waals surface area contributed by atoms with E-state index in [0.717, 1.165) is 74.6 Å². The van der Waals surface area contributed by atoms with Gasteiger partial charge in [-0.05, 0) is 56.3 Å². The standard InChI is InChI=1S/C24H27F3N6O/c1-31-11-13-32(14-12-31)21-9-6-18(15-28-21)22-29-23(34-30-22)20-3-2-10-33(20)16-17-4-7-19(8-5-17)24(25,26)27/h4-9,15,20H,2-3,10-14,16H2,1H3. The van der Waals surface area contributed by atoms with E-state index < -0.39 is 11.7 Å². The number of halogens is 3. The summed E-state index contributed by atoms with van der Waals surface area (Å²) in [6.45, 7) is 5.29. The number of likely N-dealkylation sites (N-methyl/N-ethyl adjacent to an activating group) is 1. The average Bonchev–Trinajstić information content (AvgIpc) is 3.49.